The molecule has 27 heavy (non-hydrogen) atoms. The van der Waals surface area contributed by atoms with Crippen molar-refractivity contribution in [3.63, 3.8) is 0 Å². The molecule has 0 saturated carbocycles. The van der Waals surface area contributed by atoms with E-state index in [1.165, 1.54) is 11.8 Å². The number of hydrogen-bond donors (Lipinski definition) is 2. The van der Waals surface area contributed by atoms with Crippen LogP contribution in [0, 0.1) is 6.92 Å². The third-order valence-corrected chi connectivity index (χ3v) is 5.01. The molecule has 1 aromatic carbocycles. The number of anilines is 3. The van der Waals surface area contributed by atoms with Crippen molar-refractivity contribution in [1.29, 1.82) is 0 Å². The molecule has 0 saturated heterocycles. The smallest absolute Gasteiger partial charge is 0.237 e. The third-order valence-electron chi connectivity index (χ3n) is 4.09. The summed E-state index contributed by atoms with van der Waals surface area (Å²) in [4.78, 5) is 25.1. The number of nitrogens with zero attached hydrogens (tertiary/aromatic N) is 3. The van der Waals surface area contributed by atoms with E-state index in [2.05, 4.69) is 25.6 Å². The van der Waals surface area contributed by atoms with Gasteiger partial charge in [-0.1, -0.05) is 6.07 Å². The first-order valence-electron chi connectivity index (χ1n) is 8.51. The summed E-state index contributed by atoms with van der Waals surface area (Å²) in [6.07, 6.45) is 7.11. The van der Waals surface area contributed by atoms with Gasteiger partial charge in [0.15, 0.2) is 0 Å². The van der Waals surface area contributed by atoms with E-state index >= 15 is 0 Å². The summed E-state index contributed by atoms with van der Waals surface area (Å²) < 4.78 is 0. The molecule has 0 bridgehead atoms. The lowest BCUT2D eigenvalue weighted by molar-refractivity contribution is -0.115. The summed E-state index contributed by atoms with van der Waals surface area (Å²) in [5, 5.41) is 6.07. The van der Waals surface area contributed by atoms with Gasteiger partial charge in [-0.05, 0) is 56.0 Å². The standard InChI is InChI=1S/C20H21N5OS/c1-13-6-7-16(23-19(26)14(2)27-3)11-18(13)25-20-22-10-8-17(24-20)15-5-4-9-21-12-15/h4-12,14H,1-3H3,(H,23,26)(H,22,24,25). The highest BCUT2D eigenvalue weighted by Crippen LogP contribution is 2.24. The van der Waals surface area contributed by atoms with Crippen LogP contribution >= 0.6 is 11.8 Å². The molecule has 0 aliphatic heterocycles. The minimum atomic E-state index is -0.109. The number of aryl methyl sites for hydroxylation is 1. The predicted octanol–water partition coefficient (Wildman–Crippen LogP) is 4.28. The van der Waals surface area contributed by atoms with E-state index in [4.69, 9.17) is 0 Å². The number of amides is 1. The Hall–Kier alpha value is -2.93. The third kappa shape index (κ3) is 4.83. The molecule has 3 aromatic rings. The second-order valence-corrected chi connectivity index (χ2v) is 7.21. The summed E-state index contributed by atoms with van der Waals surface area (Å²) in [6.45, 7) is 3.87. The van der Waals surface area contributed by atoms with Crippen LogP contribution in [0.5, 0.6) is 0 Å². The maximum Gasteiger partial charge on any atom is 0.237 e. The van der Waals surface area contributed by atoms with Crippen molar-refractivity contribution in [3.05, 3.63) is 60.6 Å². The van der Waals surface area contributed by atoms with Crippen LogP contribution in [-0.2, 0) is 4.79 Å². The molecule has 7 heteroatoms. The summed E-state index contributed by atoms with van der Waals surface area (Å²) in [5.74, 6) is 0.465. The Balaban J connectivity index is 1.81. The van der Waals surface area contributed by atoms with E-state index in [1.807, 2.05) is 56.5 Å². The number of rotatable bonds is 6. The number of aromatic nitrogens is 3. The highest BCUT2D eigenvalue weighted by Gasteiger charge is 2.12. The molecule has 2 aromatic heterocycles. The zero-order chi connectivity index (χ0) is 19.2. The van der Waals surface area contributed by atoms with Crippen LogP contribution in [0.3, 0.4) is 0 Å². The average Bonchev–Trinajstić information content (AvgIpc) is 2.70. The number of nitrogens with one attached hydrogen (secondary N) is 2. The van der Waals surface area contributed by atoms with E-state index in [9.17, 15) is 4.79 Å². The number of pyridine rings is 1. The molecule has 0 aliphatic carbocycles. The number of carbonyl (C=O) groups is 1. The first-order chi connectivity index (χ1) is 13.1. The molecule has 0 radical (unpaired) electrons. The molecule has 2 heterocycles. The van der Waals surface area contributed by atoms with Crippen molar-refractivity contribution in [2.75, 3.05) is 16.9 Å². The summed E-state index contributed by atoms with van der Waals surface area (Å²) in [5.41, 5.74) is 4.31. The first kappa shape index (κ1) is 18.8. The lowest BCUT2D eigenvalue weighted by Crippen LogP contribution is -2.22. The van der Waals surface area contributed by atoms with Gasteiger partial charge in [0, 0.05) is 35.5 Å². The molecule has 0 spiro atoms. The van der Waals surface area contributed by atoms with Gasteiger partial charge in [0.2, 0.25) is 11.9 Å². The average molecular weight is 379 g/mol. The van der Waals surface area contributed by atoms with Crippen molar-refractivity contribution >= 4 is 35.0 Å². The zero-order valence-corrected chi connectivity index (χ0v) is 16.2. The van der Waals surface area contributed by atoms with E-state index in [-0.39, 0.29) is 11.2 Å². The summed E-state index contributed by atoms with van der Waals surface area (Å²) >= 11 is 1.51. The topological polar surface area (TPSA) is 79.8 Å². The molecule has 1 atom stereocenters. The van der Waals surface area contributed by atoms with Crippen molar-refractivity contribution in [2.24, 2.45) is 0 Å². The van der Waals surface area contributed by atoms with Crippen LogP contribution in [0.25, 0.3) is 11.3 Å². The summed E-state index contributed by atoms with van der Waals surface area (Å²) in [7, 11) is 0. The minimum absolute atomic E-state index is 0.0212. The highest BCUT2D eigenvalue weighted by molar-refractivity contribution is 7.99. The van der Waals surface area contributed by atoms with Crippen LogP contribution in [-0.4, -0.2) is 32.4 Å². The van der Waals surface area contributed by atoms with Gasteiger partial charge in [0.05, 0.1) is 10.9 Å². The van der Waals surface area contributed by atoms with Crippen molar-refractivity contribution < 1.29 is 4.79 Å². The van der Waals surface area contributed by atoms with Gasteiger partial charge >= 0.3 is 0 Å². The second kappa shape index (κ2) is 8.64. The highest BCUT2D eigenvalue weighted by atomic mass is 32.2. The Morgan fingerprint density at radius 1 is 1.19 bits per heavy atom. The van der Waals surface area contributed by atoms with E-state index in [0.717, 1.165) is 28.2 Å². The fourth-order valence-corrected chi connectivity index (χ4v) is 2.67. The molecule has 1 amide bonds. The van der Waals surface area contributed by atoms with Crippen LogP contribution in [0.2, 0.25) is 0 Å². The van der Waals surface area contributed by atoms with Crippen LogP contribution in [0.4, 0.5) is 17.3 Å². The molecule has 0 fully saturated rings. The van der Waals surface area contributed by atoms with E-state index < -0.39 is 0 Å². The maximum absolute atomic E-state index is 12.1. The Morgan fingerprint density at radius 2 is 2.04 bits per heavy atom. The van der Waals surface area contributed by atoms with Crippen LogP contribution in [0.15, 0.2) is 55.0 Å². The molecule has 6 nitrogen and oxygen atoms in total. The van der Waals surface area contributed by atoms with Crippen LogP contribution < -0.4 is 10.6 Å². The largest absolute Gasteiger partial charge is 0.325 e. The normalized spacial score (nSPS) is 11.7. The predicted molar refractivity (Wildman–Crippen MR) is 111 cm³/mol. The van der Waals surface area contributed by atoms with Gasteiger partial charge in [-0.2, -0.15) is 11.8 Å². The Labute approximate surface area is 162 Å². The van der Waals surface area contributed by atoms with Gasteiger partial charge in [0.1, 0.15) is 0 Å². The monoisotopic (exact) mass is 379 g/mol. The van der Waals surface area contributed by atoms with Crippen LogP contribution in [0.1, 0.15) is 12.5 Å². The molecule has 2 N–H and O–H groups in total. The van der Waals surface area contributed by atoms with Gasteiger partial charge in [0.25, 0.3) is 0 Å². The number of benzene rings is 1. The Kier molecular flexibility index (Phi) is 6.03. The molecule has 138 valence electrons. The molecule has 1 unspecified atom stereocenters. The van der Waals surface area contributed by atoms with Crippen molar-refractivity contribution in [3.8, 4) is 11.3 Å². The molecular formula is C20H21N5OS. The SMILES string of the molecule is CSC(C)C(=O)Nc1ccc(C)c(Nc2nccc(-c3cccnc3)n2)c1. The minimum Gasteiger partial charge on any atom is -0.325 e. The Bertz CT molecular complexity index is 933. The molecule has 3 rings (SSSR count). The van der Waals surface area contributed by atoms with Crippen molar-refractivity contribution in [1.82, 2.24) is 15.0 Å². The lowest BCUT2D eigenvalue weighted by atomic mass is 10.1. The molecule has 0 aliphatic rings. The van der Waals surface area contributed by atoms with Gasteiger partial charge in [-0.25, -0.2) is 9.97 Å². The second-order valence-electron chi connectivity index (χ2n) is 6.03. The number of hydrogen-bond acceptors (Lipinski definition) is 6. The fraction of sp³-hybridized carbons (Fsp3) is 0.200. The first-order valence-corrected chi connectivity index (χ1v) is 9.80. The maximum atomic E-state index is 12.1. The van der Waals surface area contributed by atoms with Gasteiger partial charge in [-0.3, -0.25) is 9.78 Å². The van der Waals surface area contributed by atoms with E-state index in [0.29, 0.717) is 5.95 Å². The van der Waals surface area contributed by atoms with E-state index in [1.54, 1.807) is 18.6 Å². The Morgan fingerprint density at radius 3 is 2.78 bits per heavy atom. The number of thioether (sulfide) groups is 1. The fourth-order valence-electron chi connectivity index (χ4n) is 2.40. The number of carbonyl (C=O) groups excluding carboxylic acids is 1. The zero-order valence-electron chi connectivity index (χ0n) is 15.4. The van der Waals surface area contributed by atoms with Gasteiger partial charge in [-0.15, -0.1) is 0 Å². The lowest BCUT2D eigenvalue weighted by Gasteiger charge is -2.13. The summed E-state index contributed by atoms with van der Waals surface area (Å²) in [6, 6.07) is 11.4. The van der Waals surface area contributed by atoms with Gasteiger partial charge < -0.3 is 10.6 Å². The molecular weight excluding hydrogens is 358 g/mol. The van der Waals surface area contributed by atoms with Crippen molar-refractivity contribution in [2.45, 2.75) is 19.1 Å². The quantitative estimate of drug-likeness (QED) is 0.665.